The lowest BCUT2D eigenvalue weighted by molar-refractivity contribution is 0.0566. The third-order valence-electron chi connectivity index (χ3n) is 4.69. The van der Waals surface area contributed by atoms with E-state index in [0.717, 1.165) is 6.20 Å². The van der Waals surface area contributed by atoms with Gasteiger partial charge in [0.25, 0.3) is 0 Å². The summed E-state index contributed by atoms with van der Waals surface area (Å²) in [6.45, 7) is -2.80. The molecule has 0 saturated heterocycles. The average molecular weight is 485 g/mol. The van der Waals surface area contributed by atoms with E-state index in [-0.39, 0.29) is 17.1 Å². The molecule has 4 aromatic rings. The number of aromatic nitrogens is 4. The predicted octanol–water partition coefficient (Wildman–Crippen LogP) is 4.88. The monoisotopic (exact) mass is 484 g/mol. The summed E-state index contributed by atoms with van der Waals surface area (Å²) in [5.41, 5.74) is 6.34. The number of halogens is 4. The number of alkyl halides is 2. The molecule has 2 N–H and O–H groups in total. The molecule has 0 aliphatic heterocycles. The first-order valence-corrected chi connectivity index (χ1v) is 10.2. The molecule has 0 amide bonds. The standard InChI is InChI=1S/C23H16ClF3N6O/c24-16-2-1-3-17(11-16)30-19(6-8-28)22-21(34)7-9-32(31-22)20-5-4-14(10-18(20)25)15-12-29-33(13-15)23(26)27/h1-13,23H,28H2. The number of rotatable bonds is 6. The van der Waals surface area contributed by atoms with Crippen molar-refractivity contribution in [3.63, 3.8) is 0 Å². The molecule has 2 heterocycles. The number of nitrogens with zero attached hydrogens (tertiary/aromatic N) is 5. The largest absolute Gasteiger partial charge is 0.405 e. The number of hydrogen-bond donors (Lipinski definition) is 1. The van der Waals surface area contributed by atoms with Crippen molar-refractivity contribution in [2.24, 2.45) is 10.7 Å². The Morgan fingerprint density at radius 3 is 2.65 bits per heavy atom. The van der Waals surface area contributed by atoms with Gasteiger partial charge < -0.3 is 5.73 Å². The van der Waals surface area contributed by atoms with Crippen LogP contribution in [0.5, 0.6) is 0 Å². The molecule has 0 saturated carbocycles. The highest BCUT2D eigenvalue weighted by atomic mass is 35.5. The van der Waals surface area contributed by atoms with Gasteiger partial charge in [0.2, 0.25) is 5.43 Å². The van der Waals surface area contributed by atoms with Crippen molar-refractivity contribution >= 4 is 23.0 Å². The van der Waals surface area contributed by atoms with Gasteiger partial charge in [0.1, 0.15) is 11.5 Å². The molecule has 0 spiro atoms. The molecule has 34 heavy (non-hydrogen) atoms. The van der Waals surface area contributed by atoms with Gasteiger partial charge in [-0.15, -0.1) is 0 Å². The third kappa shape index (κ3) is 4.91. The number of hydrogen-bond acceptors (Lipinski definition) is 5. The van der Waals surface area contributed by atoms with Crippen molar-refractivity contribution in [2.45, 2.75) is 6.55 Å². The lowest BCUT2D eigenvalue weighted by Crippen LogP contribution is -2.20. The average Bonchev–Trinajstić information content (AvgIpc) is 3.30. The number of aliphatic imine (C=N–C) groups is 1. The Balaban J connectivity index is 1.74. The van der Waals surface area contributed by atoms with Gasteiger partial charge in [-0.05, 0) is 48.2 Å². The zero-order chi connectivity index (χ0) is 24.2. The Morgan fingerprint density at radius 1 is 1.15 bits per heavy atom. The molecule has 172 valence electrons. The van der Waals surface area contributed by atoms with Gasteiger partial charge in [-0.25, -0.2) is 18.7 Å². The van der Waals surface area contributed by atoms with Crippen LogP contribution >= 0.6 is 11.6 Å². The molecule has 0 radical (unpaired) electrons. The van der Waals surface area contributed by atoms with E-state index in [2.05, 4.69) is 15.2 Å². The summed E-state index contributed by atoms with van der Waals surface area (Å²) in [7, 11) is 0. The van der Waals surface area contributed by atoms with Crippen LogP contribution in [0.2, 0.25) is 5.02 Å². The van der Waals surface area contributed by atoms with E-state index in [4.69, 9.17) is 17.3 Å². The summed E-state index contributed by atoms with van der Waals surface area (Å²) in [5, 5.41) is 8.26. The zero-order valence-corrected chi connectivity index (χ0v) is 18.1. The fourth-order valence-electron chi connectivity index (χ4n) is 3.13. The minimum Gasteiger partial charge on any atom is -0.405 e. The van der Waals surface area contributed by atoms with Gasteiger partial charge in [0, 0.05) is 29.0 Å². The quantitative estimate of drug-likeness (QED) is 0.395. The van der Waals surface area contributed by atoms with E-state index < -0.39 is 17.8 Å². The van der Waals surface area contributed by atoms with Crippen LogP contribution in [0.3, 0.4) is 0 Å². The molecule has 0 bridgehead atoms. The van der Waals surface area contributed by atoms with E-state index in [1.807, 2.05) is 0 Å². The van der Waals surface area contributed by atoms with Gasteiger partial charge >= 0.3 is 6.55 Å². The van der Waals surface area contributed by atoms with E-state index in [9.17, 15) is 18.0 Å². The van der Waals surface area contributed by atoms with Crippen LogP contribution in [0.1, 0.15) is 12.2 Å². The lowest BCUT2D eigenvalue weighted by atomic mass is 10.1. The molecule has 0 aliphatic carbocycles. The molecule has 2 aromatic heterocycles. The molecular weight excluding hydrogens is 469 g/mol. The summed E-state index contributed by atoms with van der Waals surface area (Å²) >= 11 is 6.00. The topological polar surface area (TPSA) is 91.1 Å². The first-order chi connectivity index (χ1) is 16.4. The van der Waals surface area contributed by atoms with Crippen molar-refractivity contribution in [1.82, 2.24) is 19.6 Å². The van der Waals surface area contributed by atoms with Gasteiger partial charge in [0.05, 0.1) is 17.6 Å². The minimum atomic E-state index is -2.80. The maximum Gasteiger partial charge on any atom is 0.333 e. The van der Waals surface area contributed by atoms with E-state index >= 15 is 0 Å². The van der Waals surface area contributed by atoms with Gasteiger partial charge in [-0.2, -0.15) is 19.0 Å². The molecule has 0 atom stereocenters. The summed E-state index contributed by atoms with van der Waals surface area (Å²) in [6.07, 6.45) is 6.24. The summed E-state index contributed by atoms with van der Waals surface area (Å²) in [6, 6.07) is 12.0. The van der Waals surface area contributed by atoms with Crippen LogP contribution in [-0.2, 0) is 0 Å². The Bertz CT molecular complexity index is 1460. The second-order valence-electron chi connectivity index (χ2n) is 6.96. The lowest BCUT2D eigenvalue weighted by Gasteiger charge is -2.10. The molecule has 0 fully saturated rings. The number of allylic oxidation sites excluding steroid dienone is 1. The van der Waals surface area contributed by atoms with Gasteiger partial charge in [-0.1, -0.05) is 23.7 Å². The SMILES string of the molecule is NC=CC(=Nc1cccc(Cl)c1)c1nn(-c2ccc(-c3cnn(C(F)F)c3)cc2F)ccc1=O. The number of benzene rings is 2. The Morgan fingerprint density at radius 2 is 1.97 bits per heavy atom. The Labute approximate surface area is 196 Å². The highest BCUT2D eigenvalue weighted by Crippen LogP contribution is 2.25. The van der Waals surface area contributed by atoms with E-state index in [1.54, 1.807) is 24.3 Å². The predicted molar refractivity (Wildman–Crippen MR) is 123 cm³/mol. The van der Waals surface area contributed by atoms with Crippen molar-refractivity contribution in [1.29, 1.82) is 0 Å². The Hall–Kier alpha value is -4.18. The van der Waals surface area contributed by atoms with E-state index in [1.165, 1.54) is 53.6 Å². The van der Waals surface area contributed by atoms with Crippen LogP contribution < -0.4 is 11.2 Å². The highest BCUT2D eigenvalue weighted by Gasteiger charge is 2.14. The fourth-order valence-corrected chi connectivity index (χ4v) is 3.31. The van der Waals surface area contributed by atoms with Crippen LogP contribution in [0.15, 0.2) is 89.2 Å². The smallest absolute Gasteiger partial charge is 0.333 e. The van der Waals surface area contributed by atoms with Crippen LogP contribution in [-0.4, -0.2) is 25.3 Å². The molecular formula is C23H16ClF3N6O. The molecule has 7 nitrogen and oxygen atoms in total. The van der Waals surface area contributed by atoms with Gasteiger partial charge in [0.15, 0.2) is 5.69 Å². The Kier molecular flexibility index (Phi) is 6.60. The normalized spacial score (nSPS) is 12.1. The minimum absolute atomic E-state index is 0.0325. The summed E-state index contributed by atoms with van der Waals surface area (Å²) < 4.78 is 42.2. The van der Waals surface area contributed by atoms with Gasteiger partial charge in [-0.3, -0.25) is 4.79 Å². The first-order valence-electron chi connectivity index (χ1n) is 9.81. The van der Waals surface area contributed by atoms with Crippen molar-refractivity contribution in [2.75, 3.05) is 0 Å². The first kappa shape index (κ1) is 23.0. The molecule has 0 unspecified atom stereocenters. The van der Waals surface area contributed by atoms with Crippen LogP contribution in [0, 0.1) is 5.82 Å². The third-order valence-corrected chi connectivity index (χ3v) is 4.93. The van der Waals surface area contributed by atoms with Crippen molar-refractivity contribution in [3.05, 3.63) is 106 Å². The molecule has 2 aromatic carbocycles. The summed E-state index contributed by atoms with van der Waals surface area (Å²) in [4.78, 5) is 16.9. The second kappa shape index (κ2) is 9.75. The molecule has 4 rings (SSSR count). The summed E-state index contributed by atoms with van der Waals surface area (Å²) in [5.74, 6) is -0.688. The highest BCUT2D eigenvalue weighted by molar-refractivity contribution is 6.30. The maximum absolute atomic E-state index is 15.0. The number of nitrogens with two attached hydrogens (primary N) is 1. The van der Waals surface area contributed by atoms with Crippen LogP contribution in [0.4, 0.5) is 18.9 Å². The van der Waals surface area contributed by atoms with Crippen molar-refractivity contribution in [3.8, 4) is 16.8 Å². The second-order valence-corrected chi connectivity index (χ2v) is 7.40. The fraction of sp³-hybridized carbons (Fsp3) is 0.0435. The van der Waals surface area contributed by atoms with Crippen molar-refractivity contribution < 1.29 is 13.2 Å². The molecule has 0 aliphatic rings. The molecule has 11 heteroatoms. The zero-order valence-electron chi connectivity index (χ0n) is 17.3. The maximum atomic E-state index is 15.0. The van der Waals surface area contributed by atoms with Crippen LogP contribution in [0.25, 0.3) is 16.8 Å². The van der Waals surface area contributed by atoms with E-state index in [0.29, 0.717) is 26.5 Å².